The van der Waals surface area contributed by atoms with Crippen molar-refractivity contribution < 1.29 is 23.8 Å². The van der Waals surface area contributed by atoms with Gasteiger partial charge < -0.3 is 24.8 Å². The molecule has 0 unspecified atom stereocenters. The molecule has 8 nitrogen and oxygen atoms in total. The Morgan fingerprint density at radius 2 is 1.85 bits per heavy atom. The average molecular weight is 646 g/mol. The summed E-state index contributed by atoms with van der Waals surface area (Å²) in [6.45, 7) is 11.8. The number of carbonyl (C=O) groups is 2. The van der Waals surface area contributed by atoms with Gasteiger partial charge in [0, 0.05) is 25.0 Å². The van der Waals surface area contributed by atoms with Gasteiger partial charge in [-0.15, -0.1) is 0 Å². The summed E-state index contributed by atoms with van der Waals surface area (Å²) in [5, 5.41) is 10.0. The third kappa shape index (κ3) is 5.31. The summed E-state index contributed by atoms with van der Waals surface area (Å²) in [5.41, 5.74) is 3.08. The first kappa shape index (κ1) is 31.7. The van der Waals surface area contributed by atoms with E-state index in [0.29, 0.717) is 42.2 Å². The fourth-order valence-corrected chi connectivity index (χ4v) is 11.9. The van der Waals surface area contributed by atoms with E-state index in [1.807, 2.05) is 18.2 Å². The van der Waals surface area contributed by atoms with Crippen molar-refractivity contribution in [1.82, 2.24) is 16.0 Å². The zero-order chi connectivity index (χ0) is 32.6. The summed E-state index contributed by atoms with van der Waals surface area (Å²) >= 11 is 0. The molecular formula is C39H55N3O5. The van der Waals surface area contributed by atoms with E-state index < -0.39 is 0 Å². The zero-order valence-electron chi connectivity index (χ0n) is 28.9. The van der Waals surface area contributed by atoms with Crippen molar-refractivity contribution in [2.45, 2.75) is 116 Å². The average Bonchev–Trinajstić information content (AvgIpc) is 3.70. The molecule has 1 aromatic rings. The molecule has 7 aliphatic rings. The van der Waals surface area contributed by atoms with Crippen molar-refractivity contribution >= 4 is 11.8 Å². The van der Waals surface area contributed by atoms with Crippen LogP contribution in [0.1, 0.15) is 97.5 Å². The van der Waals surface area contributed by atoms with E-state index >= 15 is 0 Å². The van der Waals surface area contributed by atoms with Crippen molar-refractivity contribution in [2.24, 2.45) is 46.3 Å². The lowest BCUT2D eigenvalue weighted by Crippen LogP contribution is -2.57. The first-order valence-electron chi connectivity index (χ1n) is 18.6. The van der Waals surface area contributed by atoms with Gasteiger partial charge in [0.25, 0.3) is 0 Å². The molecule has 3 N–H and O–H groups in total. The molecule has 8 rings (SSSR count). The number of hydrogen-bond donors (Lipinski definition) is 3. The fourth-order valence-electron chi connectivity index (χ4n) is 11.9. The van der Waals surface area contributed by atoms with Crippen LogP contribution >= 0.6 is 0 Å². The molecule has 2 amide bonds. The van der Waals surface area contributed by atoms with Crippen LogP contribution < -0.4 is 25.4 Å². The molecule has 3 heterocycles. The molecule has 256 valence electrons. The maximum Gasteiger partial charge on any atom is 0.231 e. The Hall–Kier alpha value is -2.58. The van der Waals surface area contributed by atoms with Crippen LogP contribution in [0.4, 0.5) is 0 Å². The van der Waals surface area contributed by atoms with Crippen LogP contribution in [0.15, 0.2) is 29.8 Å². The van der Waals surface area contributed by atoms with Crippen molar-refractivity contribution in [3.63, 3.8) is 0 Å². The number of carbonyl (C=O) groups excluding carboxylic acids is 2. The van der Waals surface area contributed by atoms with Gasteiger partial charge in [-0.1, -0.05) is 45.4 Å². The molecule has 3 saturated carbocycles. The van der Waals surface area contributed by atoms with E-state index in [0.717, 1.165) is 73.5 Å². The monoisotopic (exact) mass is 645 g/mol. The van der Waals surface area contributed by atoms with Gasteiger partial charge in [-0.3, -0.25) is 14.9 Å². The van der Waals surface area contributed by atoms with Crippen LogP contribution in [0.25, 0.3) is 0 Å². The Bertz CT molecular complexity index is 1440. The SMILES string of the molecule is C[C@@H]1CC[C@@]2(NC1)O[C@H]1C[C@H]3[C@@H]4CC=C5C[C@@H](NC(=O)CC(=O)NCCc6ccc7c(c6)OCO7)CC[C@]5(C)[C@H]4CC[C@]3(C)[C@H]1[C@@H]2C. The van der Waals surface area contributed by atoms with Gasteiger partial charge in [0.2, 0.25) is 18.6 Å². The first-order valence-corrected chi connectivity index (χ1v) is 18.6. The van der Waals surface area contributed by atoms with E-state index in [4.69, 9.17) is 14.2 Å². The number of fused-ring (bicyclic) bond motifs is 8. The number of amides is 2. The number of benzene rings is 1. The largest absolute Gasteiger partial charge is 0.454 e. The minimum Gasteiger partial charge on any atom is -0.454 e. The number of ether oxygens (including phenoxy) is 3. The van der Waals surface area contributed by atoms with Gasteiger partial charge in [-0.05, 0) is 122 Å². The Kier molecular flexibility index (Phi) is 7.94. The summed E-state index contributed by atoms with van der Waals surface area (Å²) in [5.74, 6) is 5.22. The standard InChI is InChI=1S/C39H55N3O5/c1-23-9-15-39(41-21-23)24(2)36-33(47-39)19-30-28-7-6-26-18-27(10-13-37(26,3)29(28)11-14-38(30,36)4)42-35(44)20-34(43)40-16-12-25-5-8-31-32(17-25)46-22-45-31/h5-6,8,17,23-24,27-30,33,36,41H,7,9-16,18-22H2,1-4H3,(H,40,43)(H,42,44)/t23-,24+,27+,28-,29+,30+,33+,36+,37+,38+,39-/m1/s1. The molecule has 0 aromatic heterocycles. The van der Waals surface area contributed by atoms with Crippen LogP contribution in [0.3, 0.4) is 0 Å². The highest BCUT2D eigenvalue weighted by Crippen LogP contribution is 2.70. The van der Waals surface area contributed by atoms with Crippen molar-refractivity contribution in [3.8, 4) is 11.5 Å². The molecule has 0 bridgehead atoms. The van der Waals surface area contributed by atoms with E-state index in [9.17, 15) is 9.59 Å². The number of allylic oxidation sites excluding steroid dienone is 1. The van der Waals surface area contributed by atoms with Gasteiger partial charge in [0.05, 0.1) is 6.10 Å². The van der Waals surface area contributed by atoms with Crippen LogP contribution in [-0.2, 0) is 20.7 Å². The van der Waals surface area contributed by atoms with Crippen molar-refractivity contribution in [1.29, 1.82) is 0 Å². The predicted molar refractivity (Wildman–Crippen MR) is 180 cm³/mol. The molecule has 2 saturated heterocycles. The van der Waals surface area contributed by atoms with Crippen molar-refractivity contribution in [2.75, 3.05) is 19.9 Å². The third-order valence-corrected chi connectivity index (χ3v) is 14.4. The van der Waals surface area contributed by atoms with Crippen LogP contribution in [0.2, 0.25) is 0 Å². The summed E-state index contributed by atoms with van der Waals surface area (Å²) < 4.78 is 17.9. The van der Waals surface area contributed by atoms with E-state index in [-0.39, 0.29) is 42.2 Å². The van der Waals surface area contributed by atoms with Gasteiger partial charge in [-0.2, -0.15) is 0 Å². The van der Waals surface area contributed by atoms with E-state index in [1.54, 1.807) is 5.57 Å². The molecule has 3 aliphatic heterocycles. The Labute approximate surface area is 280 Å². The lowest BCUT2D eigenvalue weighted by Gasteiger charge is -2.58. The molecule has 4 aliphatic carbocycles. The first-order chi connectivity index (χ1) is 22.6. The van der Waals surface area contributed by atoms with E-state index in [2.05, 4.69) is 49.7 Å². The van der Waals surface area contributed by atoms with Gasteiger partial charge >= 0.3 is 0 Å². The molecule has 8 heteroatoms. The predicted octanol–water partition coefficient (Wildman–Crippen LogP) is 5.89. The fraction of sp³-hybridized carbons (Fsp3) is 0.744. The van der Waals surface area contributed by atoms with E-state index in [1.165, 1.54) is 25.7 Å². The summed E-state index contributed by atoms with van der Waals surface area (Å²) in [6.07, 6.45) is 13.9. The molecule has 1 spiro atoms. The van der Waals surface area contributed by atoms with Crippen molar-refractivity contribution in [3.05, 3.63) is 35.4 Å². The second kappa shape index (κ2) is 11.8. The topological polar surface area (TPSA) is 97.9 Å². The van der Waals surface area contributed by atoms with Gasteiger partial charge in [0.1, 0.15) is 12.1 Å². The normalized spacial score (nSPS) is 42.9. The Balaban J connectivity index is 0.850. The minimum atomic E-state index is -0.228. The van der Waals surface area contributed by atoms with Gasteiger partial charge in [-0.25, -0.2) is 0 Å². The molecule has 0 radical (unpaired) electrons. The van der Waals surface area contributed by atoms with Crippen LogP contribution in [0, 0.1) is 46.3 Å². The lowest BCUT2D eigenvalue weighted by atomic mass is 9.46. The maximum atomic E-state index is 12.9. The Morgan fingerprint density at radius 1 is 1.00 bits per heavy atom. The highest BCUT2D eigenvalue weighted by Gasteiger charge is 2.68. The summed E-state index contributed by atoms with van der Waals surface area (Å²) in [4.78, 5) is 25.5. The van der Waals surface area contributed by atoms with Crippen LogP contribution in [0.5, 0.6) is 11.5 Å². The zero-order valence-corrected chi connectivity index (χ0v) is 28.9. The second-order valence-corrected chi connectivity index (χ2v) is 16.9. The second-order valence-electron chi connectivity index (χ2n) is 16.9. The Morgan fingerprint density at radius 3 is 2.68 bits per heavy atom. The van der Waals surface area contributed by atoms with Crippen LogP contribution in [-0.4, -0.2) is 49.6 Å². The molecule has 11 atom stereocenters. The number of rotatable bonds is 6. The lowest BCUT2D eigenvalue weighted by molar-refractivity contribution is -0.129. The highest BCUT2D eigenvalue weighted by atomic mass is 16.7. The molecular weight excluding hydrogens is 590 g/mol. The minimum absolute atomic E-state index is 0.101. The maximum absolute atomic E-state index is 12.9. The quantitative estimate of drug-likeness (QED) is 0.264. The number of piperidine rings is 1. The van der Waals surface area contributed by atoms with Gasteiger partial charge in [0.15, 0.2) is 11.5 Å². The molecule has 1 aromatic carbocycles. The summed E-state index contributed by atoms with van der Waals surface area (Å²) in [6, 6.07) is 5.93. The highest BCUT2D eigenvalue weighted by molar-refractivity contribution is 5.97. The summed E-state index contributed by atoms with van der Waals surface area (Å²) in [7, 11) is 0. The number of hydrogen-bond acceptors (Lipinski definition) is 6. The molecule has 47 heavy (non-hydrogen) atoms. The number of nitrogens with one attached hydrogen (secondary N) is 3. The smallest absolute Gasteiger partial charge is 0.231 e. The molecule has 5 fully saturated rings. The third-order valence-electron chi connectivity index (χ3n) is 14.4.